The number of carboxylic acids is 2. The summed E-state index contributed by atoms with van der Waals surface area (Å²) in [4.78, 5) is 23.6. The summed E-state index contributed by atoms with van der Waals surface area (Å²) >= 11 is 0. The zero-order valence-electron chi connectivity index (χ0n) is 16.1. The summed E-state index contributed by atoms with van der Waals surface area (Å²) in [7, 11) is 0. The molecule has 6 heteroatoms. The predicted octanol–water partition coefficient (Wildman–Crippen LogP) is 3.06. The van der Waals surface area contributed by atoms with Gasteiger partial charge < -0.3 is 10.2 Å². The van der Waals surface area contributed by atoms with Crippen molar-refractivity contribution in [3.05, 3.63) is 48.0 Å². The Kier molecular flexibility index (Phi) is 7.01. The maximum absolute atomic E-state index is 9.10. The molecule has 150 valence electrons. The zero-order chi connectivity index (χ0) is 19.9. The Morgan fingerprint density at radius 3 is 2.11 bits per heavy atom. The molecule has 0 amide bonds. The molecule has 4 rings (SSSR count). The van der Waals surface area contributed by atoms with Crippen LogP contribution in [-0.4, -0.2) is 64.2 Å². The van der Waals surface area contributed by atoms with E-state index in [1.165, 1.54) is 68.2 Å². The molecule has 0 aromatic heterocycles. The number of hydrogen-bond acceptors (Lipinski definition) is 4. The third kappa shape index (κ3) is 5.30. The molecule has 1 saturated carbocycles. The highest BCUT2D eigenvalue weighted by Gasteiger charge is 2.26. The van der Waals surface area contributed by atoms with Crippen LogP contribution in [0.1, 0.15) is 31.2 Å². The summed E-state index contributed by atoms with van der Waals surface area (Å²) in [6.07, 6.45) is 5.76. The Morgan fingerprint density at radius 2 is 1.46 bits per heavy atom. The smallest absolute Gasteiger partial charge is 0.414 e. The van der Waals surface area contributed by atoms with Gasteiger partial charge in [-0.15, -0.1) is 0 Å². The largest absolute Gasteiger partial charge is 0.473 e. The molecule has 2 N–H and O–H groups in total. The number of nitrogens with zero attached hydrogens (tertiary/aromatic N) is 2. The van der Waals surface area contributed by atoms with Gasteiger partial charge in [-0.2, -0.15) is 0 Å². The fourth-order valence-electron chi connectivity index (χ4n) is 4.23. The van der Waals surface area contributed by atoms with Gasteiger partial charge in [0, 0.05) is 38.8 Å². The molecule has 2 aromatic carbocycles. The zero-order valence-corrected chi connectivity index (χ0v) is 16.1. The van der Waals surface area contributed by atoms with Crippen LogP contribution < -0.4 is 0 Å². The summed E-state index contributed by atoms with van der Waals surface area (Å²) in [5.74, 6) is -3.65. The molecule has 6 nitrogen and oxygen atoms in total. The maximum atomic E-state index is 9.10. The van der Waals surface area contributed by atoms with Gasteiger partial charge in [0.15, 0.2) is 0 Å². The summed E-state index contributed by atoms with van der Waals surface area (Å²) < 4.78 is 0. The molecule has 0 spiro atoms. The van der Waals surface area contributed by atoms with Gasteiger partial charge in [0.1, 0.15) is 0 Å². The van der Waals surface area contributed by atoms with E-state index in [2.05, 4.69) is 52.3 Å². The van der Waals surface area contributed by atoms with Gasteiger partial charge in [0.2, 0.25) is 0 Å². The summed E-state index contributed by atoms with van der Waals surface area (Å²) in [6.45, 7) is 6.06. The first-order chi connectivity index (χ1) is 13.5. The Hall–Kier alpha value is -2.44. The van der Waals surface area contributed by atoms with Crippen LogP contribution in [0, 0.1) is 0 Å². The van der Waals surface area contributed by atoms with E-state index in [1.807, 2.05) is 0 Å². The summed E-state index contributed by atoms with van der Waals surface area (Å²) in [6, 6.07) is 16.4. The predicted molar refractivity (Wildman–Crippen MR) is 108 cm³/mol. The van der Waals surface area contributed by atoms with Crippen LogP contribution in [-0.2, 0) is 16.1 Å². The number of carboxylic acid groups (broad SMARTS) is 2. The number of piperazine rings is 1. The summed E-state index contributed by atoms with van der Waals surface area (Å²) in [5.41, 5.74) is 1.48. The Bertz CT molecular complexity index is 792. The van der Waals surface area contributed by atoms with Crippen LogP contribution in [0.25, 0.3) is 10.8 Å². The Morgan fingerprint density at radius 1 is 0.857 bits per heavy atom. The van der Waals surface area contributed by atoms with E-state index in [9.17, 15) is 0 Å². The molecule has 0 atom stereocenters. The van der Waals surface area contributed by atoms with Crippen LogP contribution in [0.3, 0.4) is 0 Å². The van der Waals surface area contributed by atoms with Crippen molar-refractivity contribution >= 4 is 22.7 Å². The molecule has 0 radical (unpaired) electrons. The second-order valence-corrected chi connectivity index (χ2v) is 7.50. The highest BCUT2D eigenvalue weighted by atomic mass is 16.4. The molecule has 1 aliphatic carbocycles. The normalized spacial score (nSPS) is 18.6. The van der Waals surface area contributed by atoms with E-state index in [1.54, 1.807) is 0 Å². The van der Waals surface area contributed by atoms with Gasteiger partial charge in [-0.25, -0.2) is 9.59 Å². The van der Waals surface area contributed by atoms with Crippen molar-refractivity contribution in [3.8, 4) is 0 Å². The lowest BCUT2D eigenvalue weighted by molar-refractivity contribution is -0.159. The molecule has 0 unspecified atom stereocenters. The fourth-order valence-corrected chi connectivity index (χ4v) is 4.23. The van der Waals surface area contributed by atoms with Gasteiger partial charge in [0.25, 0.3) is 0 Å². The standard InChI is InChI=1S/C20H26N2.C2H2O4/c1-4-11-20-17(6-1)7-5-8-18(20)16-21-12-14-22(15-13-21)19-9-2-3-10-19;3-1(4)2(5)6/h1,4-8,11,19H,2-3,9-10,12-16H2;(H,3,4)(H,5,6). The van der Waals surface area contributed by atoms with Crippen LogP contribution in [0.2, 0.25) is 0 Å². The minimum atomic E-state index is -1.82. The topological polar surface area (TPSA) is 81.1 Å². The number of benzene rings is 2. The molecule has 1 heterocycles. The van der Waals surface area contributed by atoms with Crippen molar-refractivity contribution in [3.63, 3.8) is 0 Å². The van der Waals surface area contributed by atoms with Gasteiger partial charge in [-0.05, 0) is 29.2 Å². The lowest BCUT2D eigenvalue weighted by Gasteiger charge is -2.38. The lowest BCUT2D eigenvalue weighted by atomic mass is 10.0. The number of aliphatic carboxylic acids is 2. The van der Waals surface area contributed by atoms with Crippen molar-refractivity contribution in [2.75, 3.05) is 26.2 Å². The molecule has 2 fully saturated rings. The average molecular weight is 384 g/mol. The van der Waals surface area contributed by atoms with Crippen molar-refractivity contribution < 1.29 is 19.8 Å². The van der Waals surface area contributed by atoms with Crippen LogP contribution in [0.5, 0.6) is 0 Å². The van der Waals surface area contributed by atoms with Gasteiger partial charge in [0.05, 0.1) is 0 Å². The molecule has 1 saturated heterocycles. The van der Waals surface area contributed by atoms with Crippen LogP contribution >= 0.6 is 0 Å². The second kappa shape index (κ2) is 9.66. The minimum absolute atomic E-state index is 0.889. The van der Waals surface area contributed by atoms with Crippen LogP contribution in [0.4, 0.5) is 0 Å². The molecule has 1 aliphatic heterocycles. The SMILES string of the molecule is O=C(O)C(=O)O.c1ccc2c(CN3CCN(C4CCCC4)CC3)cccc2c1. The molecule has 2 aliphatic rings. The van der Waals surface area contributed by atoms with Crippen molar-refractivity contribution in [1.29, 1.82) is 0 Å². The second-order valence-electron chi connectivity index (χ2n) is 7.50. The van der Waals surface area contributed by atoms with E-state index in [0.29, 0.717) is 0 Å². The minimum Gasteiger partial charge on any atom is -0.473 e. The molecule has 0 bridgehead atoms. The van der Waals surface area contributed by atoms with Crippen molar-refractivity contribution in [2.24, 2.45) is 0 Å². The van der Waals surface area contributed by atoms with Crippen molar-refractivity contribution in [2.45, 2.75) is 38.3 Å². The van der Waals surface area contributed by atoms with Gasteiger partial charge in [-0.1, -0.05) is 55.3 Å². The fraction of sp³-hybridized carbons (Fsp3) is 0.455. The maximum Gasteiger partial charge on any atom is 0.414 e. The highest BCUT2D eigenvalue weighted by molar-refractivity contribution is 6.27. The number of hydrogen-bond donors (Lipinski definition) is 2. The quantitative estimate of drug-likeness (QED) is 0.792. The number of rotatable bonds is 3. The van der Waals surface area contributed by atoms with E-state index in [0.717, 1.165) is 12.6 Å². The molecule has 28 heavy (non-hydrogen) atoms. The van der Waals surface area contributed by atoms with E-state index in [4.69, 9.17) is 19.8 Å². The first-order valence-electron chi connectivity index (χ1n) is 9.94. The first-order valence-corrected chi connectivity index (χ1v) is 9.94. The Labute approximate surface area is 165 Å². The molecular weight excluding hydrogens is 356 g/mol. The number of carbonyl (C=O) groups is 2. The van der Waals surface area contributed by atoms with Gasteiger partial charge in [-0.3, -0.25) is 9.80 Å². The highest BCUT2D eigenvalue weighted by Crippen LogP contribution is 2.25. The molecule has 2 aromatic rings. The van der Waals surface area contributed by atoms with Crippen molar-refractivity contribution in [1.82, 2.24) is 9.80 Å². The van der Waals surface area contributed by atoms with Gasteiger partial charge >= 0.3 is 11.9 Å². The number of fused-ring (bicyclic) bond motifs is 1. The van der Waals surface area contributed by atoms with E-state index < -0.39 is 11.9 Å². The summed E-state index contributed by atoms with van der Waals surface area (Å²) in [5, 5.41) is 17.6. The first kappa shape index (κ1) is 20.3. The van der Waals surface area contributed by atoms with E-state index >= 15 is 0 Å². The monoisotopic (exact) mass is 384 g/mol. The lowest BCUT2D eigenvalue weighted by Crippen LogP contribution is -2.49. The Balaban J connectivity index is 0.000000330. The third-order valence-corrected chi connectivity index (χ3v) is 5.70. The average Bonchev–Trinajstić information content (AvgIpc) is 3.24. The van der Waals surface area contributed by atoms with E-state index in [-0.39, 0.29) is 0 Å². The van der Waals surface area contributed by atoms with Crippen LogP contribution in [0.15, 0.2) is 42.5 Å². The molecular formula is C22H28N2O4. The third-order valence-electron chi connectivity index (χ3n) is 5.70.